The summed E-state index contributed by atoms with van der Waals surface area (Å²) in [5, 5.41) is 3.47. The molecule has 0 bridgehead atoms. The van der Waals surface area contributed by atoms with Crippen molar-refractivity contribution < 1.29 is 22.4 Å². The van der Waals surface area contributed by atoms with Gasteiger partial charge in [0.25, 0.3) is 0 Å². The summed E-state index contributed by atoms with van der Waals surface area (Å²) in [6.07, 6.45) is 0. The topological polar surface area (TPSA) is 61.3 Å². The predicted octanol–water partition coefficient (Wildman–Crippen LogP) is 2.35. The molecule has 2 aromatic rings. The van der Waals surface area contributed by atoms with Gasteiger partial charge in [0.2, 0.25) is 11.7 Å². The first kappa shape index (κ1) is 11.3. The Morgan fingerprint density at radius 2 is 1.94 bits per heavy atom. The van der Waals surface area contributed by atoms with Crippen LogP contribution in [0.25, 0.3) is 11.3 Å². The summed E-state index contributed by atoms with van der Waals surface area (Å²) < 4.78 is 48.7. The van der Waals surface area contributed by atoms with Gasteiger partial charge in [0.15, 0.2) is 17.4 Å². The van der Waals surface area contributed by atoms with E-state index in [1.54, 1.807) is 0 Å². The maximum absolute atomic E-state index is 13.4. The second kappa shape index (κ2) is 4.00. The van der Waals surface area contributed by atoms with Crippen molar-refractivity contribution in [1.29, 1.82) is 0 Å². The summed E-state index contributed by atoms with van der Waals surface area (Å²) in [6, 6.07) is 2.00. The van der Waals surface area contributed by atoms with Crippen LogP contribution in [0.2, 0.25) is 0 Å². The molecule has 0 fully saturated rings. The lowest BCUT2D eigenvalue weighted by Gasteiger charge is -2.08. The Labute approximate surface area is 93.8 Å². The number of hydrogen-bond acceptors (Lipinski definition) is 4. The lowest BCUT2D eigenvalue weighted by Crippen LogP contribution is -1.99. The molecule has 90 valence electrons. The van der Waals surface area contributed by atoms with Crippen LogP contribution in [0.15, 0.2) is 16.7 Å². The number of hydrogen-bond donors (Lipinski definition) is 1. The summed E-state index contributed by atoms with van der Waals surface area (Å²) in [7, 11) is 1.13. The van der Waals surface area contributed by atoms with E-state index >= 15 is 0 Å². The quantitative estimate of drug-likeness (QED) is 0.823. The van der Waals surface area contributed by atoms with Crippen LogP contribution in [0, 0.1) is 17.5 Å². The summed E-state index contributed by atoms with van der Waals surface area (Å²) in [5.74, 6) is -4.88. The van der Waals surface area contributed by atoms with Gasteiger partial charge < -0.3 is 15.0 Å². The van der Waals surface area contributed by atoms with E-state index in [0.717, 1.165) is 13.2 Å². The average Bonchev–Trinajstić information content (AvgIpc) is 2.72. The number of ether oxygens (including phenoxy) is 1. The SMILES string of the molecule is COc1c(-c2cc(N)on2)cc(F)c(F)c1F. The zero-order valence-corrected chi connectivity index (χ0v) is 8.63. The first-order valence-corrected chi connectivity index (χ1v) is 4.48. The standard InChI is InChI=1S/C10H7F3N2O2/c1-16-10-4(6-3-7(14)17-15-6)2-5(11)8(12)9(10)13/h2-3H,14H2,1H3. The molecule has 0 aliphatic carbocycles. The summed E-state index contributed by atoms with van der Waals surface area (Å²) >= 11 is 0. The number of nitrogen functional groups attached to an aromatic ring is 1. The van der Waals surface area contributed by atoms with Crippen molar-refractivity contribution in [3.8, 4) is 17.0 Å². The van der Waals surface area contributed by atoms with Crippen LogP contribution >= 0.6 is 0 Å². The maximum atomic E-state index is 13.4. The molecule has 0 aliphatic heterocycles. The van der Waals surface area contributed by atoms with Crippen molar-refractivity contribution in [2.75, 3.05) is 12.8 Å². The lowest BCUT2D eigenvalue weighted by molar-refractivity contribution is 0.361. The summed E-state index contributed by atoms with van der Waals surface area (Å²) in [6.45, 7) is 0. The van der Waals surface area contributed by atoms with E-state index in [4.69, 9.17) is 5.73 Å². The van der Waals surface area contributed by atoms with Crippen LogP contribution in [-0.4, -0.2) is 12.3 Å². The van der Waals surface area contributed by atoms with E-state index < -0.39 is 23.2 Å². The van der Waals surface area contributed by atoms with Crippen LogP contribution in [0.3, 0.4) is 0 Å². The van der Waals surface area contributed by atoms with Gasteiger partial charge in [0.05, 0.1) is 12.7 Å². The molecule has 0 aliphatic rings. The molecule has 0 unspecified atom stereocenters. The number of anilines is 1. The van der Waals surface area contributed by atoms with E-state index in [0.29, 0.717) is 0 Å². The number of rotatable bonds is 2. The van der Waals surface area contributed by atoms with Crippen LogP contribution < -0.4 is 10.5 Å². The minimum Gasteiger partial charge on any atom is -0.493 e. The Bertz CT molecular complexity index is 569. The molecule has 0 atom stereocenters. The van der Waals surface area contributed by atoms with Gasteiger partial charge in [-0.05, 0) is 6.07 Å². The van der Waals surface area contributed by atoms with E-state index in [-0.39, 0.29) is 17.1 Å². The molecule has 1 heterocycles. The maximum Gasteiger partial charge on any atom is 0.222 e. The molecule has 2 rings (SSSR count). The zero-order valence-electron chi connectivity index (χ0n) is 8.63. The van der Waals surface area contributed by atoms with Gasteiger partial charge in [-0.25, -0.2) is 8.78 Å². The van der Waals surface area contributed by atoms with E-state index in [9.17, 15) is 13.2 Å². The van der Waals surface area contributed by atoms with Crippen LogP contribution in [0.5, 0.6) is 5.75 Å². The molecular weight excluding hydrogens is 237 g/mol. The van der Waals surface area contributed by atoms with Crippen molar-refractivity contribution >= 4 is 5.88 Å². The Balaban J connectivity index is 2.69. The monoisotopic (exact) mass is 244 g/mol. The molecule has 0 saturated carbocycles. The fourth-order valence-electron chi connectivity index (χ4n) is 1.38. The summed E-state index contributed by atoms with van der Waals surface area (Å²) in [4.78, 5) is 0. The highest BCUT2D eigenvalue weighted by Gasteiger charge is 2.22. The van der Waals surface area contributed by atoms with Crippen LogP contribution in [0.4, 0.5) is 19.1 Å². The molecule has 1 aromatic carbocycles. The largest absolute Gasteiger partial charge is 0.493 e. The van der Waals surface area contributed by atoms with Gasteiger partial charge in [-0.1, -0.05) is 5.16 Å². The zero-order chi connectivity index (χ0) is 12.6. The fourth-order valence-corrected chi connectivity index (χ4v) is 1.38. The van der Waals surface area contributed by atoms with Crippen molar-refractivity contribution in [2.24, 2.45) is 0 Å². The number of nitrogens with zero attached hydrogens (tertiary/aromatic N) is 1. The molecule has 0 amide bonds. The smallest absolute Gasteiger partial charge is 0.222 e. The highest BCUT2D eigenvalue weighted by Crippen LogP contribution is 2.34. The second-order valence-electron chi connectivity index (χ2n) is 3.18. The Hall–Kier alpha value is -2.18. The van der Waals surface area contributed by atoms with Crippen LogP contribution in [-0.2, 0) is 0 Å². The predicted molar refractivity (Wildman–Crippen MR) is 52.8 cm³/mol. The van der Waals surface area contributed by atoms with Crippen LogP contribution in [0.1, 0.15) is 0 Å². The number of nitrogens with two attached hydrogens (primary N) is 1. The molecule has 0 radical (unpaired) electrons. The van der Waals surface area contributed by atoms with Crippen molar-refractivity contribution in [3.05, 3.63) is 29.6 Å². The molecule has 0 spiro atoms. The van der Waals surface area contributed by atoms with E-state index in [1.807, 2.05) is 0 Å². The Morgan fingerprint density at radius 3 is 2.47 bits per heavy atom. The average molecular weight is 244 g/mol. The number of halogens is 3. The first-order chi connectivity index (χ1) is 8.04. The van der Waals surface area contributed by atoms with Gasteiger partial charge >= 0.3 is 0 Å². The van der Waals surface area contributed by atoms with Gasteiger partial charge in [0, 0.05) is 6.07 Å². The molecule has 7 heteroatoms. The summed E-state index contributed by atoms with van der Waals surface area (Å²) in [5.41, 5.74) is 5.26. The Kier molecular flexibility index (Phi) is 2.66. The minimum absolute atomic E-state index is 0.0350. The molecule has 0 saturated heterocycles. The highest BCUT2D eigenvalue weighted by atomic mass is 19.2. The molecule has 2 N–H and O–H groups in total. The molecule has 1 aromatic heterocycles. The van der Waals surface area contributed by atoms with E-state index in [2.05, 4.69) is 14.4 Å². The van der Waals surface area contributed by atoms with Gasteiger partial charge in [0.1, 0.15) is 5.69 Å². The third kappa shape index (κ3) is 1.79. The second-order valence-corrected chi connectivity index (χ2v) is 3.18. The molecule has 17 heavy (non-hydrogen) atoms. The highest BCUT2D eigenvalue weighted by molar-refractivity contribution is 5.69. The lowest BCUT2D eigenvalue weighted by atomic mass is 10.1. The number of benzene rings is 1. The molecule has 4 nitrogen and oxygen atoms in total. The van der Waals surface area contributed by atoms with Gasteiger partial charge in [-0.15, -0.1) is 0 Å². The minimum atomic E-state index is -1.61. The van der Waals surface area contributed by atoms with Crippen molar-refractivity contribution in [1.82, 2.24) is 5.16 Å². The van der Waals surface area contributed by atoms with Crippen molar-refractivity contribution in [3.63, 3.8) is 0 Å². The van der Waals surface area contributed by atoms with Gasteiger partial charge in [-0.2, -0.15) is 4.39 Å². The normalized spacial score (nSPS) is 10.6. The third-order valence-corrected chi connectivity index (χ3v) is 2.13. The van der Waals surface area contributed by atoms with Crippen molar-refractivity contribution in [2.45, 2.75) is 0 Å². The van der Waals surface area contributed by atoms with Gasteiger partial charge in [-0.3, -0.25) is 0 Å². The Morgan fingerprint density at radius 1 is 1.24 bits per heavy atom. The van der Waals surface area contributed by atoms with E-state index in [1.165, 1.54) is 6.07 Å². The number of aromatic nitrogens is 1. The fraction of sp³-hybridized carbons (Fsp3) is 0.100. The first-order valence-electron chi connectivity index (χ1n) is 4.48. The number of methoxy groups -OCH3 is 1. The third-order valence-electron chi connectivity index (χ3n) is 2.13. The molecular formula is C10H7F3N2O2.